The van der Waals surface area contributed by atoms with Gasteiger partial charge in [0.1, 0.15) is 0 Å². The van der Waals surface area contributed by atoms with Crippen molar-refractivity contribution in [2.45, 2.75) is 52.0 Å². The molecule has 66 valence electrons. The minimum atomic E-state index is 0.0544. The van der Waals surface area contributed by atoms with Crippen LogP contribution in [0.4, 0.5) is 0 Å². The van der Waals surface area contributed by atoms with Crippen LogP contribution in [-0.4, -0.2) is 5.54 Å². The number of nitrogens with two attached hydrogens (primary N) is 1. The van der Waals surface area contributed by atoms with Gasteiger partial charge in [-0.3, -0.25) is 0 Å². The summed E-state index contributed by atoms with van der Waals surface area (Å²) in [6, 6.07) is 0. The molecule has 11 heavy (non-hydrogen) atoms. The van der Waals surface area contributed by atoms with Crippen LogP contribution in [0.25, 0.3) is 0 Å². The van der Waals surface area contributed by atoms with Crippen molar-refractivity contribution < 1.29 is 0 Å². The molecule has 0 bridgehead atoms. The fourth-order valence-corrected chi connectivity index (χ4v) is 1.88. The molecule has 1 saturated carbocycles. The van der Waals surface area contributed by atoms with Crippen LogP contribution in [0.2, 0.25) is 0 Å². The van der Waals surface area contributed by atoms with Gasteiger partial charge >= 0.3 is 0 Å². The maximum absolute atomic E-state index is 5.90. The Balaban J connectivity index is 2.05. The molecule has 0 spiro atoms. The van der Waals surface area contributed by atoms with Gasteiger partial charge in [-0.2, -0.15) is 0 Å². The Morgan fingerprint density at radius 2 is 1.91 bits per heavy atom. The average Bonchev–Trinajstić information content (AvgIpc) is 1.75. The molecule has 1 nitrogen and oxygen atoms in total. The summed E-state index contributed by atoms with van der Waals surface area (Å²) >= 11 is 0. The van der Waals surface area contributed by atoms with Gasteiger partial charge in [0, 0.05) is 5.54 Å². The standard InChI is InChI=1S/C10H21N/c1-8-6-9(7-8)4-5-10(2,3)11/h8-9H,4-7,11H2,1-3H3. The summed E-state index contributed by atoms with van der Waals surface area (Å²) in [6.45, 7) is 6.58. The molecule has 0 aliphatic heterocycles. The molecule has 0 aromatic carbocycles. The first-order valence-corrected chi connectivity index (χ1v) is 4.76. The van der Waals surface area contributed by atoms with Crippen LogP contribution >= 0.6 is 0 Å². The van der Waals surface area contributed by atoms with Gasteiger partial charge in [0.2, 0.25) is 0 Å². The summed E-state index contributed by atoms with van der Waals surface area (Å²) in [4.78, 5) is 0. The van der Waals surface area contributed by atoms with Crippen LogP contribution in [0.5, 0.6) is 0 Å². The third kappa shape index (κ3) is 3.24. The molecule has 0 aromatic heterocycles. The predicted molar refractivity (Wildman–Crippen MR) is 49.4 cm³/mol. The largest absolute Gasteiger partial charge is 0.326 e. The summed E-state index contributed by atoms with van der Waals surface area (Å²) in [5.74, 6) is 1.98. The first-order chi connectivity index (χ1) is 4.97. The van der Waals surface area contributed by atoms with Gasteiger partial charge in [0.15, 0.2) is 0 Å². The Bertz CT molecular complexity index is 117. The highest BCUT2D eigenvalue weighted by atomic mass is 14.7. The lowest BCUT2D eigenvalue weighted by Gasteiger charge is -2.34. The zero-order chi connectivity index (χ0) is 8.48. The lowest BCUT2D eigenvalue weighted by Crippen LogP contribution is -2.33. The molecule has 2 N–H and O–H groups in total. The molecule has 0 saturated heterocycles. The van der Waals surface area contributed by atoms with E-state index in [1.807, 2.05) is 0 Å². The molecular formula is C10H21N. The van der Waals surface area contributed by atoms with Gasteiger partial charge in [-0.25, -0.2) is 0 Å². The van der Waals surface area contributed by atoms with E-state index in [1.165, 1.54) is 25.7 Å². The van der Waals surface area contributed by atoms with Crippen molar-refractivity contribution in [3.8, 4) is 0 Å². The second-order valence-corrected chi connectivity index (χ2v) is 4.97. The van der Waals surface area contributed by atoms with E-state index in [1.54, 1.807) is 0 Å². The molecular weight excluding hydrogens is 134 g/mol. The summed E-state index contributed by atoms with van der Waals surface area (Å²) in [7, 11) is 0. The van der Waals surface area contributed by atoms with Crippen molar-refractivity contribution in [3.05, 3.63) is 0 Å². The predicted octanol–water partition coefficient (Wildman–Crippen LogP) is 2.55. The molecule has 1 rings (SSSR count). The molecule has 0 unspecified atom stereocenters. The van der Waals surface area contributed by atoms with Gasteiger partial charge in [-0.1, -0.05) is 6.92 Å². The first kappa shape index (κ1) is 9.05. The normalized spacial score (nSPS) is 31.6. The lowest BCUT2D eigenvalue weighted by molar-refractivity contribution is 0.186. The van der Waals surface area contributed by atoms with E-state index in [0.29, 0.717) is 0 Å². The maximum Gasteiger partial charge on any atom is 0.00971 e. The van der Waals surface area contributed by atoms with E-state index in [2.05, 4.69) is 20.8 Å². The van der Waals surface area contributed by atoms with E-state index in [4.69, 9.17) is 5.73 Å². The van der Waals surface area contributed by atoms with Crippen molar-refractivity contribution >= 4 is 0 Å². The molecule has 0 radical (unpaired) electrons. The van der Waals surface area contributed by atoms with Gasteiger partial charge in [0.25, 0.3) is 0 Å². The smallest absolute Gasteiger partial charge is 0.00971 e. The van der Waals surface area contributed by atoms with Gasteiger partial charge < -0.3 is 5.73 Å². The Labute approximate surface area is 70.4 Å². The van der Waals surface area contributed by atoms with Gasteiger partial charge in [0.05, 0.1) is 0 Å². The molecule has 1 aliphatic rings. The minimum Gasteiger partial charge on any atom is -0.326 e. The highest BCUT2D eigenvalue weighted by Gasteiger charge is 2.26. The van der Waals surface area contributed by atoms with Crippen molar-refractivity contribution in [3.63, 3.8) is 0 Å². The quantitative estimate of drug-likeness (QED) is 0.666. The first-order valence-electron chi connectivity index (χ1n) is 4.76. The molecule has 1 fully saturated rings. The molecule has 0 heterocycles. The zero-order valence-electron chi connectivity index (χ0n) is 8.06. The highest BCUT2D eigenvalue weighted by molar-refractivity contribution is 4.80. The SMILES string of the molecule is CC1CC(CCC(C)(C)N)C1. The second-order valence-electron chi connectivity index (χ2n) is 4.97. The summed E-state index contributed by atoms with van der Waals surface area (Å²) in [6.07, 6.45) is 5.41. The Morgan fingerprint density at radius 3 is 2.27 bits per heavy atom. The lowest BCUT2D eigenvalue weighted by atomic mass is 9.73. The summed E-state index contributed by atoms with van der Waals surface area (Å²) < 4.78 is 0. The fraction of sp³-hybridized carbons (Fsp3) is 1.00. The Hall–Kier alpha value is -0.0400. The Morgan fingerprint density at radius 1 is 1.36 bits per heavy atom. The van der Waals surface area contributed by atoms with Crippen LogP contribution in [-0.2, 0) is 0 Å². The third-order valence-electron chi connectivity index (χ3n) is 2.67. The van der Waals surface area contributed by atoms with Crippen LogP contribution < -0.4 is 5.73 Å². The van der Waals surface area contributed by atoms with E-state index < -0.39 is 0 Å². The van der Waals surface area contributed by atoms with Crippen LogP contribution in [0.1, 0.15) is 46.5 Å². The zero-order valence-corrected chi connectivity index (χ0v) is 8.06. The van der Waals surface area contributed by atoms with E-state index in [9.17, 15) is 0 Å². The van der Waals surface area contributed by atoms with Crippen LogP contribution in [0, 0.1) is 11.8 Å². The highest BCUT2D eigenvalue weighted by Crippen LogP contribution is 2.36. The summed E-state index contributed by atoms with van der Waals surface area (Å²) in [5.41, 5.74) is 5.95. The monoisotopic (exact) mass is 155 g/mol. The van der Waals surface area contributed by atoms with Crippen LogP contribution in [0.15, 0.2) is 0 Å². The van der Waals surface area contributed by atoms with E-state index in [-0.39, 0.29) is 5.54 Å². The third-order valence-corrected chi connectivity index (χ3v) is 2.67. The molecule has 0 aromatic rings. The van der Waals surface area contributed by atoms with Gasteiger partial charge in [-0.05, 0) is 51.4 Å². The molecule has 1 aliphatic carbocycles. The minimum absolute atomic E-state index is 0.0544. The second kappa shape index (κ2) is 3.14. The van der Waals surface area contributed by atoms with Gasteiger partial charge in [-0.15, -0.1) is 0 Å². The van der Waals surface area contributed by atoms with E-state index >= 15 is 0 Å². The average molecular weight is 155 g/mol. The van der Waals surface area contributed by atoms with E-state index in [0.717, 1.165) is 11.8 Å². The molecule has 1 heteroatoms. The van der Waals surface area contributed by atoms with Crippen molar-refractivity contribution in [1.29, 1.82) is 0 Å². The fourth-order valence-electron chi connectivity index (χ4n) is 1.88. The number of hydrogen-bond donors (Lipinski definition) is 1. The van der Waals surface area contributed by atoms with Crippen molar-refractivity contribution in [1.82, 2.24) is 0 Å². The maximum atomic E-state index is 5.90. The number of hydrogen-bond acceptors (Lipinski definition) is 1. The Kier molecular flexibility index (Phi) is 2.58. The van der Waals surface area contributed by atoms with Crippen LogP contribution in [0.3, 0.4) is 0 Å². The van der Waals surface area contributed by atoms with Crippen molar-refractivity contribution in [2.24, 2.45) is 17.6 Å². The summed E-state index contributed by atoms with van der Waals surface area (Å²) in [5, 5.41) is 0. The molecule has 0 amide bonds. The topological polar surface area (TPSA) is 26.0 Å². The molecule has 0 atom stereocenters. The number of rotatable bonds is 3. The van der Waals surface area contributed by atoms with Crippen molar-refractivity contribution in [2.75, 3.05) is 0 Å².